The fourth-order valence-electron chi connectivity index (χ4n) is 4.23. The van der Waals surface area contributed by atoms with Gasteiger partial charge in [0.1, 0.15) is 0 Å². The SMILES string of the molecule is CCC(CC)=C1C=C(C2(CC)CC2(C(=O)OC)C(=O)OC)CC1=O. The molecule has 2 aliphatic rings. The summed E-state index contributed by atoms with van der Waals surface area (Å²) in [6, 6.07) is 0. The van der Waals surface area contributed by atoms with Crippen molar-refractivity contribution in [3.8, 4) is 0 Å². The smallest absolute Gasteiger partial charge is 0.324 e. The molecule has 0 aromatic rings. The lowest BCUT2D eigenvalue weighted by Crippen LogP contribution is -2.35. The summed E-state index contributed by atoms with van der Waals surface area (Å²) in [5.74, 6) is -1.08. The first-order valence-corrected chi connectivity index (χ1v) is 8.51. The molecule has 5 heteroatoms. The van der Waals surface area contributed by atoms with Crippen LogP contribution in [0.3, 0.4) is 0 Å². The van der Waals surface area contributed by atoms with E-state index < -0.39 is 22.8 Å². The van der Waals surface area contributed by atoms with Gasteiger partial charge in [0.25, 0.3) is 0 Å². The number of carbonyl (C=O) groups excluding carboxylic acids is 3. The summed E-state index contributed by atoms with van der Waals surface area (Å²) in [6.45, 7) is 6.00. The van der Waals surface area contributed by atoms with E-state index >= 15 is 0 Å². The molecule has 5 nitrogen and oxygen atoms in total. The lowest BCUT2D eigenvalue weighted by atomic mass is 9.82. The third-order valence-electron chi connectivity index (χ3n) is 5.75. The first-order chi connectivity index (χ1) is 11.4. The molecule has 2 rings (SSSR count). The van der Waals surface area contributed by atoms with Crippen molar-refractivity contribution in [1.82, 2.24) is 0 Å². The van der Waals surface area contributed by atoms with E-state index in [4.69, 9.17) is 9.47 Å². The minimum atomic E-state index is -1.31. The number of ketones is 1. The summed E-state index contributed by atoms with van der Waals surface area (Å²) in [7, 11) is 2.55. The summed E-state index contributed by atoms with van der Waals surface area (Å²) in [6.07, 6.45) is 4.73. The molecule has 1 saturated carbocycles. The number of carbonyl (C=O) groups is 3. The van der Waals surface area contributed by atoms with Crippen LogP contribution < -0.4 is 0 Å². The van der Waals surface area contributed by atoms with Crippen LogP contribution in [0.5, 0.6) is 0 Å². The second-order valence-corrected chi connectivity index (χ2v) is 6.49. The molecule has 1 fully saturated rings. The maximum Gasteiger partial charge on any atom is 0.324 e. The Hall–Kier alpha value is -1.91. The zero-order valence-corrected chi connectivity index (χ0v) is 15.2. The third-order valence-corrected chi connectivity index (χ3v) is 5.75. The quantitative estimate of drug-likeness (QED) is 0.424. The molecule has 1 atom stereocenters. The summed E-state index contributed by atoms with van der Waals surface area (Å²) < 4.78 is 9.79. The molecule has 0 saturated heterocycles. The van der Waals surface area contributed by atoms with Crippen molar-refractivity contribution in [2.75, 3.05) is 14.2 Å². The predicted molar refractivity (Wildman–Crippen MR) is 89.1 cm³/mol. The second-order valence-electron chi connectivity index (χ2n) is 6.49. The lowest BCUT2D eigenvalue weighted by molar-refractivity contribution is -0.163. The van der Waals surface area contributed by atoms with E-state index in [1.165, 1.54) is 14.2 Å². The Kier molecular flexibility index (Phi) is 5.02. The minimum Gasteiger partial charge on any atom is -0.468 e. The van der Waals surface area contributed by atoms with Crippen LogP contribution in [-0.4, -0.2) is 31.9 Å². The first-order valence-electron chi connectivity index (χ1n) is 8.51. The maximum atomic E-state index is 12.5. The number of Topliss-reactive ketones (excluding diaryl/α,β-unsaturated/α-hetero) is 1. The highest BCUT2D eigenvalue weighted by Gasteiger charge is 2.78. The van der Waals surface area contributed by atoms with Gasteiger partial charge in [-0.2, -0.15) is 0 Å². The number of ether oxygens (including phenoxy) is 2. The van der Waals surface area contributed by atoms with Crippen molar-refractivity contribution in [3.63, 3.8) is 0 Å². The average Bonchev–Trinajstić information content (AvgIpc) is 3.17. The van der Waals surface area contributed by atoms with E-state index in [2.05, 4.69) is 0 Å². The van der Waals surface area contributed by atoms with Gasteiger partial charge in [-0.1, -0.05) is 38.0 Å². The van der Waals surface area contributed by atoms with Crippen LogP contribution in [0.4, 0.5) is 0 Å². The number of methoxy groups -OCH3 is 2. The van der Waals surface area contributed by atoms with Crippen LogP contribution in [0.1, 0.15) is 52.9 Å². The number of hydrogen-bond donors (Lipinski definition) is 0. The van der Waals surface area contributed by atoms with Crippen molar-refractivity contribution in [2.24, 2.45) is 10.8 Å². The molecule has 1 unspecified atom stereocenters. The van der Waals surface area contributed by atoms with Gasteiger partial charge < -0.3 is 9.47 Å². The van der Waals surface area contributed by atoms with Gasteiger partial charge >= 0.3 is 11.9 Å². The molecular weight excluding hydrogens is 308 g/mol. The van der Waals surface area contributed by atoms with E-state index in [0.717, 1.165) is 29.6 Å². The van der Waals surface area contributed by atoms with Crippen molar-refractivity contribution in [1.29, 1.82) is 0 Å². The second kappa shape index (κ2) is 6.54. The normalized spacial score (nSPS) is 24.5. The van der Waals surface area contributed by atoms with Gasteiger partial charge in [0.15, 0.2) is 11.2 Å². The van der Waals surface area contributed by atoms with Crippen LogP contribution in [0.2, 0.25) is 0 Å². The van der Waals surface area contributed by atoms with Gasteiger partial charge in [-0.05, 0) is 25.7 Å². The van der Waals surface area contributed by atoms with Gasteiger partial charge in [-0.15, -0.1) is 0 Å². The zero-order valence-electron chi connectivity index (χ0n) is 15.2. The summed E-state index contributed by atoms with van der Waals surface area (Å²) >= 11 is 0. The van der Waals surface area contributed by atoms with E-state index in [0.29, 0.717) is 12.8 Å². The Morgan fingerprint density at radius 3 is 2.04 bits per heavy atom. The van der Waals surface area contributed by atoms with Gasteiger partial charge in [0.2, 0.25) is 0 Å². The first kappa shape index (κ1) is 18.4. The van der Waals surface area contributed by atoms with Gasteiger partial charge in [0, 0.05) is 17.4 Å². The largest absolute Gasteiger partial charge is 0.468 e. The number of allylic oxidation sites excluding steroid dienone is 4. The molecule has 24 heavy (non-hydrogen) atoms. The Morgan fingerprint density at radius 2 is 1.62 bits per heavy atom. The van der Waals surface area contributed by atoms with Gasteiger partial charge in [-0.3, -0.25) is 14.4 Å². The Labute approximate surface area is 143 Å². The predicted octanol–water partition coefficient (Wildman–Crippen LogP) is 3.13. The molecule has 0 spiro atoms. The Bertz CT molecular complexity index is 618. The van der Waals surface area contributed by atoms with Crippen molar-refractivity contribution < 1.29 is 23.9 Å². The highest BCUT2D eigenvalue weighted by molar-refractivity contribution is 6.08. The fourth-order valence-corrected chi connectivity index (χ4v) is 4.23. The highest BCUT2D eigenvalue weighted by atomic mass is 16.5. The van der Waals surface area contributed by atoms with Crippen LogP contribution in [0, 0.1) is 10.8 Å². The van der Waals surface area contributed by atoms with Crippen molar-refractivity contribution >= 4 is 17.7 Å². The molecule has 2 aliphatic carbocycles. The summed E-state index contributed by atoms with van der Waals surface area (Å²) in [5.41, 5.74) is 0.741. The van der Waals surface area contributed by atoms with Crippen molar-refractivity contribution in [2.45, 2.75) is 52.9 Å². The minimum absolute atomic E-state index is 0.0760. The van der Waals surface area contributed by atoms with Crippen LogP contribution in [0.25, 0.3) is 0 Å². The van der Waals surface area contributed by atoms with Gasteiger partial charge in [-0.25, -0.2) is 0 Å². The fraction of sp³-hybridized carbons (Fsp3) is 0.632. The molecule has 0 radical (unpaired) electrons. The monoisotopic (exact) mass is 334 g/mol. The zero-order chi connectivity index (χ0) is 18.1. The average molecular weight is 334 g/mol. The van der Waals surface area contributed by atoms with E-state index in [9.17, 15) is 14.4 Å². The Morgan fingerprint density at radius 1 is 1.08 bits per heavy atom. The van der Waals surface area contributed by atoms with E-state index in [1.54, 1.807) is 0 Å². The highest BCUT2D eigenvalue weighted by Crippen LogP contribution is 2.72. The number of rotatable bonds is 6. The number of hydrogen-bond acceptors (Lipinski definition) is 5. The van der Waals surface area contributed by atoms with Crippen LogP contribution >= 0.6 is 0 Å². The number of esters is 2. The third kappa shape index (κ3) is 2.33. The van der Waals surface area contributed by atoms with Crippen molar-refractivity contribution in [3.05, 3.63) is 22.8 Å². The Balaban J connectivity index is 2.52. The molecule has 0 bridgehead atoms. The molecule has 0 amide bonds. The molecule has 132 valence electrons. The van der Waals surface area contributed by atoms with Gasteiger partial charge in [0.05, 0.1) is 14.2 Å². The molecule has 0 aliphatic heterocycles. The summed E-state index contributed by atoms with van der Waals surface area (Å²) in [5, 5.41) is 0. The molecular formula is C19H26O5. The standard InChI is InChI=1S/C19H26O5/c1-6-12(7-2)14-9-13(10-15(14)20)18(8-3)11-19(18,16(21)23-4)17(22)24-5/h9H,6-8,10-11H2,1-5H3. The van der Waals surface area contributed by atoms with Crippen LogP contribution in [0.15, 0.2) is 22.8 Å². The summed E-state index contributed by atoms with van der Waals surface area (Å²) in [4.78, 5) is 37.3. The molecule has 0 N–H and O–H groups in total. The van der Waals surface area contributed by atoms with E-state index in [-0.39, 0.29) is 12.2 Å². The maximum absolute atomic E-state index is 12.5. The van der Waals surface area contributed by atoms with Crippen LogP contribution in [-0.2, 0) is 23.9 Å². The van der Waals surface area contributed by atoms with E-state index in [1.807, 2.05) is 26.8 Å². The topological polar surface area (TPSA) is 69.7 Å². The molecule has 0 aromatic carbocycles. The molecule has 0 heterocycles. The lowest BCUT2D eigenvalue weighted by Gasteiger charge is -2.22. The molecule has 0 aromatic heterocycles.